The van der Waals surface area contributed by atoms with Crippen LogP contribution in [-0.4, -0.2) is 40.5 Å². The number of aromatic nitrogens is 1. The number of amides is 1. The SMILES string of the molecule is CCc1ccccc1NC(=O)CCN1C(=S)N[C@H](c2ccccn2)[C@H]1c1ccc(-c2ccc(C(=O)OC)cc2)o1. The van der Waals surface area contributed by atoms with Gasteiger partial charge in [-0.3, -0.25) is 9.78 Å². The largest absolute Gasteiger partial charge is 0.465 e. The first-order valence-electron chi connectivity index (χ1n) is 13.1. The molecule has 0 aliphatic carbocycles. The molecule has 1 fully saturated rings. The van der Waals surface area contributed by atoms with Gasteiger partial charge in [0, 0.05) is 30.4 Å². The second-order valence-corrected chi connectivity index (χ2v) is 9.79. The number of carbonyl (C=O) groups is 2. The number of nitrogens with one attached hydrogen (secondary N) is 2. The van der Waals surface area contributed by atoms with Crippen molar-refractivity contribution >= 4 is 34.9 Å². The number of methoxy groups -OCH3 is 1. The zero-order chi connectivity index (χ0) is 28.1. The van der Waals surface area contributed by atoms with Crippen LogP contribution < -0.4 is 10.6 Å². The highest BCUT2D eigenvalue weighted by atomic mass is 32.1. The summed E-state index contributed by atoms with van der Waals surface area (Å²) in [6.07, 6.45) is 2.82. The quantitative estimate of drug-likeness (QED) is 0.201. The molecule has 40 heavy (non-hydrogen) atoms. The number of rotatable bonds is 9. The van der Waals surface area contributed by atoms with Crippen LogP contribution in [0.2, 0.25) is 0 Å². The summed E-state index contributed by atoms with van der Waals surface area (Å²) >= 11 is 5.74. The maximum Gasteiger partial charge on any atom is 0.337 e. The van der Waals surface area contributed by atoms with Crippen LogP contribution in [0.25, 0.3) is 11.3 Å². The van der Waals surface area contributed by atoms with E-state index in [9.17, 15) is 9.59 Å². The van der Waals surface area contributed by atoms with E-state index in [4.69, 9.17) is 21.4 Å². The third-order valence-corrected chi connectivity index (χ3v) is 7.31. The summed E-state index contributed by atoms with van der Waals surface area (Å²) in [4.78, 5) is 31.3. The average molecular weight is 555 g/mol. The van der Waals surface area contributed by atoms with Gasteiger partial charge in [0.2, 0.25) is 5.91 Å². The number of benzene rings is 2. The minimum atomic E-state index is -0.395. The van der Waals surface area contributed by atoms with E-state index < -0.39 is 5.97 Å². The molecule has 0 bridgehead atoms. The first-order valence-corrected chi connectivity index (χ1v) is 13.5. The lowest BCUT2D eigenvalue weighted by Gasteiger charge is -2.26. The van der Waals surface area contributed by atoms with E-state index in [-0.39, 0.29) is 24.4 Å². The number of aryl methyl sites for hydroxylation is 1. The van der Waals surface area contributed by atoms with E-state index in [0.717, 1.165) is 28.9 Å². The van der Waals surface area contributed by atoms with Crippen molar-refractivity contribution in [3.63, 3.8) is 0 Å². The fourth-order valence-corrected chi connectivity index (χ4v) is 5.23. The number of ether oxygens (including phenoxy) is 1. The number of esters is 1. The van der Waals surface area contributed by atoms with E-state index in [0.29, 0.717) is 28.7 Å². The molecule has 5 rings (SSSR count). The normalized spacial score (nSPS) is 16.4. The number of furan rings is 1. The molecule has 9 heteroatoms. The Morgan fingerprint density at radius 1 is 1.05 bits per heavy atom. The van der Waals surface area contributed by atoms with Gasteiger partial charge in [-0.15, -0.1) is 0 Å². The smallest absolute Gasteiger partial charge is 0.337 e. The molecule has 1 saturated heterocycles. The van der Waals surface area contributed by atoms with Gasteiger partial charge in [-0.05, 0) is 66.7 Å². The minimum absolute atomic E-state index is 0.0884. The van der Waals surface area contributed by atoms with E-state index >= 15 is 0 Å². The fraction of sp³-hybridized carbons (Fsp3) is 0.226. The summed E-state index contributed by atoms with van der Waals surface area (Å²) in [7, 11) is 1.35. The third-order valence-electron chi connectivity index (χ3n) is 6.96. The van der Waals surface area contributed by atoms with E-state index in [1.54, 1.807) is 18.3 Å². The number of pyridine rings is 1. The van der Waals surface area contributed by atoms with Gasteiger partial charge in [0.05, 0.1) is 24.4 Å². The lowest BCUT2D eigenvalue weighted by molar-refractivity contribution is -0.116. The molecule has 0 unspecified atom stereocenters. The molecule has 204 valence electrons. The average Bonchev–Trinajstić information content (AvgIpc) is 3.61. The molecule has 1 aliphatic rings. The predicted molar refractivity (Wildman–Crippen MR) is 157 cm³/mol. The first-order chi connectivity index (χ1) is 19.5. The number of para-hydroxylation sites is 1. The van der Waals surface area contributed by atoms with Crippen molar-refractivity contribution < 1.29 is 18.7 Å². The number of nitrogens with zero attached hydrogens (tertiary/aromatic N) is 2. The molecule has 2 atom stereocenters. The number of thiocarbonyl (C=S) groups is 1. The van der Waals surface area contributed by atoms with Crippen LogP contribution in [-0.2, 0) is 16.0 Å². The molecule has 1 aliphatic heterocycles. The lowest BCUT2D eigenvalue weighted by Crippen LogP contribution is -2.32. The Morgan fingerprint density at radius 3 is 2.55 bits per heavy atom. The van der Waals surface area contributed by atoms with Crippen molar-refractivity contribution in [2.24, 2.45) is 0 Å². The van der Waals surface area contributed by atoms with Crippen molar-refractivity contribution in [1.29, 1.82) is 0 Å². The van der Waals surface area contributed by atoms with Crippen molar-refractivity contribution in [2.75, 3.05) is 19.0 Å². The zero-order valence-electron chi connectivity index (χ0n) is 22.3. The van der Waals surface area contributed by atoms with Crippen molar-refractivity contribution in [3.05, 3.63) is 108 Å². The second kappa shape index (κ2) is 12.1. The van der Waals surface area contributed by atoms with Gasteiger partial charge in [0.1, 0.15) is 17.6 Å². The van der Waals surface area contributed by atoms with Gasteiger partial charge < -0.3 is 24.7 Å². The molecule has 0 radical (unpaired) electrons. The van der Waals surface area contributed by atoms with Crippen LogP contribution in [0.15, 0.2) is 89.5 Å². The van der Waals surface area contributed by atoms with E-state index in [1.807, 2.05) is 71.6 Å². The summed E-state index contributed by atoms with van der Waals surface area (Å²) in [6, 6.07) is 23.8. The molecular weight excluding hydrogens is 524 g/mol. The molecule has 8 nitrogen and oxygen atoms in total. The molecule has 2 N–H and O–H groups in total. The molecule has 2 aromatic heterocycles. The van der Waals surface area contributed by atoms with Crippen LogP contribution in [0.4, 0.5) is 5.69 Å². The highest BCUT2D eigenvalue weighted by Crippen LogP contribution is 2.40. The van der Waals surface area contributed by atoms with Crippen LogP contribution in [0.1, 0.15) is 52.8 Å². The number of carbonyl (C=O) groups excluding carboxylic acids is 2. The van der Waals surface area contributed by atoms with Gasteiger partial charge in [-0.2, -0.15) is 0 Å². The first kappa shape index (κ1) is 27.1. The van der Waals surface area contributed by atoms with Gasteiger partial charge >= 0.3 is 5.97 Å². The maximum atomic E-state index is 13.0. The predicted octanol–water partition coefficient (Wildman–Crippen LogP) is 5.69. The lowest BCUT2D eigenvalue weighted by atomic mass is 10.0. The molecule has 0 spiro atoms. The Labute approximate surface area is 238 Å². The summed E-state index contributed by atoms with van der Waals surface area (Å²) in [6.45, 7) is 2.45. The molecule has 4 aromatic rings. The standard InChI is InChI=1S/C31H30N4O4S/c1-3-20-8-4-5-9-23(20)33-27(36)17-19-35-29(28(34-31(35)40)24-10-6-7-18-32-24)26-16-15-25(39-26)21-11-13-22(14-12-21)30(37)38-2/h4-16,18,28-29H,3,17,19H2,1-2H3,(H,33,36)(H,34,40)/t28-,29-/m1/s1. The Kier molecular flexibility index (Phi) is 8.21. The van der Waals surface area contributed by atoms with Gasteiger partial charge in [0.15, 0.2) is 5.11 Å². The highest BCUT2D eigenvalue weighted by Gasteiger charge is 2.41. The van der Waals surface area contributed by atoms with Crippen molar-refractivity contribution in [2.45, 2.75) is 31.8 Å². The number of hydrogen-bond acceptors (Lipinski definition) is 6. The Balaban J connectivity index is 1.38. The topological polar surface area (TPSA) is 96.7 Å². The number of anilines is 1. The van der Waals surface area contributed by atoms with Crippen molar-refractivity contribution in [1.82, 2.24) is 15.2 Å². The summed E-state index contributed by atoms with van der Waals surface area (Å²) in [5.41, 5.74) is 4.02. The Morgan fingerprint density at radius 2 is 1.82 bits per heavy atom. The van der Waals surface area contributed by atoms with Crippen LogP contribution in [0.5, 0.6) is 0 Å². The molecular formula is C31H30N4O4S. The van der Waals surface area contributed by atoms with Gasteiger partial charge in [0.25, 0.3) is 0 Å². The van der Waals surface area contributed by atoms with Gasteiger partial charge in [-0.25, -0.2) is 4.79 Å². The third kappa shape index (κ3) is 5.74. The number of hydrogen-bond donors (Lipinski definition) is 2. The molecule has 3 heterocycles. The van der Waals surface area contributed by atoms with Crippen LogP contribution >= 0.6 is 12.2 Å². The maximum absolute atomic E-state index is 13.0. The molecule has 1 amide bonds. The zero-order valence-corrected chi connectivity index (χ0v) is 23.1. The Hall–Kier alpha value is -4.50. The summed E-state index contributed by atoms with van der Waals surface area (Å²) in [5.74, 6) is 0.854. The monoisotopic (exact) mass is 554 g/mol. The van der Waals surface area contributed by atoms with E-state index in [2.05, 4.69) is 22.5 Å². The summed E-state index contributed by atoms with van der Waals surface area (Å²) in [5, 5.41) is 6.96. The van der Waals surface area contributed by atoms with E-state index in [1.165, 1.54) is 7.11 Å². The van der Waals surface area contributed by atoms with Crippen LogP contribution in [0, 0.1) is 0 Å². The second-order valence-electron chi connectivity index (χ2n) is 9.40. The van der Waals surface area contributed by atoms with Crippen LogP contribution in [0.3, 0.4) is 0 Å². The van der Waals surface area contributed by atoms with Gasteiger partial charge in [-0.1, -0.05) is 43.3 Å². The highest BCUT2D eigenvalue weighted by molar-refractivity contribution is 7.80. The van der Waals surface area contributed by atoms with Crippen molar-refractivity contribution in [3.8, 4) is 11.3 Å². The molecule has 0 saturated carbocycles. The minimum Gasteiger partial charge on any atom is -0.465 e. The Bertz CT molecular complexity index is 1500. The fourth-order valence-electron chi connectivity index (χ4n) is 4.90. The summed E-state index contributed by atoms with van der Waals surface area (Å²) < 4.78 is 11.1. The molecule has 2 aromatic carbocycles.